The number of nitrogens with zero attached hydrogens (tertiary/aromatic N) is 1. The lowest BCUT2D eigenvalue weighted by Gasteiger charge is -2.44. The Morgan fingerprint density at radius 1 is 1.22 bits per heavy atom. The van der Waals surface area contributed by atoms with Crippen molar-refractivity contribution in [3.63, 3.8) is 0 Å². The number of rotatable bonds is 3. The van der Waals surface area contributed by atoms with Crippen molar-refractivity contribution >= 4 is 11.8 Å². The van der Waals surface area contributed by atoms with Crippen LogP contribution in [0.15, 0.2) is 30.3 Å². The number of aliphatic hydroxyl groups excluding tert-OH is 1. The minimum atomic E-state index is -0.975. The quantitative estimate of drug-likeness (QED) is 0.877. The maximum atomic E-state index is 12.4. The van der Waals surface area contributed by atoms with E-state index in [1.165, 1.54) is 0 Å². The van der Waals surface area contributed by atoms with Crippen LogP contribution in [-0.4, -0.2) is 47.6 Å². The van der Waals surface area contributed by atoms with Gasteiger partial charge in [-0.25, -0.2) is 0 Å². The van der Waals surface area contributed by atoms with E-state index in [0.29, 0.717) is 25.9 Å². The minimum Gasteiger partial charge on any atom is -0.383 e. The first kappa shape index (κ1) is 16.0. The lowest BCUT2D eigenvalue weighted by molar-refractivity contribution is -0.143. The van der Waals surface area contributed by atoms with Crippen molar-refractivity contribution in [3.8, 4) is 0 Å². The highest BCUT2D eigenvalue weighted by molar-refractivity contribution is 5.81. The lowest BCUT2D eigenvalue weighted by Crippen LogP contribution is -2.52. The standard InChI is InChI=1S/C18H24N2O3/c21-15(12-14-4-2-1-3-5-14)17(23)20-10-8-18(9-11-20)7-6-16(22)19-13-18/h1-5,15,21H,6-13H2,(H,19,22)/t15-/m0/s1. The Kier molecular flexibility index (Phi) is 4.66. The molecule has 1 spiro atoms. The summed E-state index contributed by atoms with van der Waals surface area (Å²) in [5.74, 6) is -0.0454. The molecule has 2 N–H and O–H groups in total. The highest BCUT2D eigenvalue weighted by atomic mass is 16.3. The van der Waals surface area contributed by atoms with Crippen molar-refractivity contribution < 1.29 is 14.7 Å². The number of carbonyl (C=O) groups excluding carboxylic acids is 2. The predicted molar refractivity (Wildman–Crippen MR) is 86.6 cm³/mol. The number of benzene rings is 1. The summed E-state index contributed by atoms with van der Waals surface area (Å²) in [6.45, 7) is 2.06. The van der Waals surface area contributed by atoms with Gasteiger partial charge in [-0.15, -0.1) is 0 Å². The lowest BCUT2D eigenvalue weighted by atomic mass is 9.73. The Morgan fingerprint density at radius 3 is 2.52 bits per heavy atom. The van der Waals surface area contributed by atoms with Crippen LogP contribution in [0.4, 0.5) is 0 Å². The monoisotopic (exact) mass is 316 g/mol. The predicted octanol–water partition coefficient (Wildman–Crippen LogP) is 1.11. The maximum Gasteiger partial charge on any atom is 0.251 e. The van der Waals surface area contributed by atoms with Crippen LogP contribution < -0.4 is 5.32 Å². The number of amides is 2. The largest absolute Gasteiger partial charge is 0.383 e. The van der Waals surface area contributed by atoms with Crippen molar-refractivity contribution in [1.29, 1.82) is 0 Å². The molecule has 1 atom stereocenters. The van der Waals surface area contributed by atoms with Crippen molar-refractivity contribution in [2.45, 2.75) is 38.2 Å². The van der Waals surface area contributed by atoms with Gasteiger partial charge in [0.15, 0.2) is 0 Å². The van der Waals surface area contributed by atoms with Crippen LogP contribution in [0.5, 0.6) is 0 Å². The van der Waals surface area contributed by atoms with Crippen LogP contribution >= 0.6 is 0 Å². The van der Waals surface area contributed by atoms with Gasteiger partial charge in [-0.3, -0.25) is 9.59 Å². The number of hydrogen-bond acceptors (Lipinski definition) is 3. The Hall–Kier alpha value is -1.88. The van der Waals surface area contributed by atoms with Gasteiger partial charge in [0.2, 0.25) is 5.91 Å². The fourth-order valence-electron chi connectivity index (χ4n) is 3.61. The van der Waals surface area contributed by atoms with Gasteiger partial charge in [0, 0.05) is 32.5 Å². The number of piperidine rings is 2. The molecule has 3 rings (SSSR count). The first-order valence-electron chi connectivity index (χ1n) is 8.35. The molecule has 1 aromatic carbocycles. The second-order valence-corrected chi connectivity index (χ2v) is 6.81. The molecule has 0 saturated carbocycles. The number of nitrogens with one attached hydrogen (secondary N) is 1. The van der Waals surface area contributed by atoms with E-state index in [-0.39, 0.29) is 17.2 Å². The zero-order chi connectivity index (χ0) is 16.3. The number of hydrogen-bond donors (Lipinski definition) is 2. The molecule has 5 heteroatoms. The molecule has 23 heavy (non-hydrogen) atoms. The van der Waals surface area contributed by atoms with Crippen LogP contribution in [0.25, 0.3) is 0 Å². The molecule has 2 aliphatic heterocycles. The van der Waals surface area contributed by atoms with Crippen molar-refractivity contribution in [2.24, 2.45) is 5.41 Å². The van der Waals surface area contributed by atoms with Gasteiger partial charge in [0.1, 0.15) is 6.10 Å². The molecule has 0 unspecified atom stereocenters. The molecular weight excluding hydrogens is 292 g/mol. The zero-order valence-electron chi connectivity index (χ0n) is 13.3. The summed E-state index contributed by atoms with van der Waals surface area (Å²) in [6.07, 6.45) is 2.68. The average molecular weight is 316 g/mol. The van der Waals surface area contributed by atoms with Crippen molar-refractivity contribution in [3.05, 3.63) is 35.9 Å². The molecule has 2 aliphatic rings. The van der Waals surface area contributed by atoms with E-state index in [4.69, 9.17) is 0 Å². The van der Waals surface area contributed by atoms with E-state index in [1.807, 2.05) is 30.3 Å². The highest BCUT2D eigenvalue weighted by Crippen LogP contribution is 2.37. The van der Waals surface area contributed by atoms with Crippen LogP contribution in [0, 0.1) is 5.41 Å². The number of aliphatic hydroxyl groups is 1. The summed E-state index contributed by atoms with van der Waals surface area (Å²) in [6, 6.07) is 9.59. The van der Waals surface area contributed by atoms with Gasteiger partial charge in [-0.2, -0.15) is 0 Å². The molecule has 2 fully saturated rings. The van der Waals surface area contributed by atoms with E-state index in [2.05, 4.69) is 5.32 Å². The van der Waals surface area contributed by atoms with Crippen LogP contribution in [0.1, 0.15) is 31.2 Å². The SMILES string of the molecule is O=C1CCC2(CCN(C(=O)[C@@H](O)Cc3ccccc3)CC2)CN1. The Bertz CT molecular complexity index is 553. The van der Waals surface area contributed by atoms with Gasteiger partial charge in [-0.05, 0) is 30.2 Å². The van der Waals surface area contributed by atoms with Gasteiger partial charge in [-0.1, -0.05) is 30.3 Å². The summed E-state index contributed by atoms with van der Waals surface area (Å²) in [7, 11) is 0. The Morgan fingerprint density at radius 2 is 1.91 bits per heavy atom. The average Bonchev–Trinajstić information content (AvgIpc) is 2.59. The molecule has 1 aromatic rings. The topological polar surface area (TPSA) is 69.6 Å². The minimum absolute atomic E-state index is 0.132. The van der Waals surface area contributed by atoms with Crippen LogP contribution in [0.3, 0.4) is 0 Å². The molecule has 2 amide bonds. The van der Waals surface area contributed by atoms with E-state index >= 15 is 0 Å². The first-order chi connectivity index (χ1) is 11.1. The summed E-state index contributed by atoms with van der Waals surface area (Å²) < 4.78 is 0. The third-order valence-corrected chi connectivity index (χ3v) is 5.24. The van der Waals surface area contributed by atoms with Crippen molar-refractivity contribution in [1.82, 2.24) is 10.2 Å². The fraction of sp³-hybridized carbons (Fsp3) is 0.556. The van der Waals surface area contributed by atoms with Gasteiger partial charge in [0.05, 0.1) is 0 Å². The summed E-state index contributed by atoms with van der Waals surface area (Å²) in [5, 5.41) is 13.2. The normalized spacial score (nSPS) is 21.8. The molecule has 2 saturated heterocycles. The molecule has 0 bridgehead atoms. The highest BCUT2D eigenvalue weighted by Gasteiger charge is 2.39. The van der Waals surface area contributed by atoms with E-state index in [0.717, 1.165) is 31.4 Å². The van der Waals surface area contributed by atoms with Gasteiger partial charge < -0.3 is 15.3 Å². The molecule has 124 valence electrons. The van der Waals surface area contributed by atoms with Crippen LogP contribution in [-0.2, 0) is 16.0 Å². The van der Waals surface area contributed by atoms with Crippen molar-refractivity contribution in [2.75, 3.05) is 19.6 Å². The zero-order valence-corrected chi connectivity index (χ0v) is 13.3. The number of likely N-dealkylation sites (tertiary alicyclic amines) is 1. The third-order valence-electron chi connectivity index (χ3n) is 5.24. The maximum absolute atomic E-state index is 12.4. The van der Waals surface area contributed by atoms with Crippen LogP contribution in [0.2, 0.25) is 0 Å². The second-order valence-electron chi connectivity index (χ2n) is 6.81. The van der Waals surface area contributed by atoms with E-state index < -0.39 is 6.10 Å². The smallest absolute Gasteiger partial charge is 0.251 e. The molecule has 0 aromatic heterocycles. The summed E-state index contributed by atoms with van der Waals surface area (Å²) in [4.78, 5) is 25.5. The van der Waals surface area contributed by atoms with Gasteiger partial charge in [0.25, 0.3) is 5.91 Å². The molecule has 0 aliphatic carbocycles. The second kappa shape index (κ2) is 6.71. The third kappa shape index (κ3) is 3.72. The first-order valence-corrected chi connectivity index (χ1v) is 8.35. The molecule has 0 radical (unpaired) electrons. The Labute approximate surface area is 136 Å². The molecule has 5 nitrogen and oxygen atoms in total. The van der Waals surface area contributed by atoms with Gasteiger partial charge >= 0.3 is 0 Å². The summed E-state index contributed by atoms with van der Waals surface area (Å²) in [5.41, 5.74) is 1.12. The fourth-order valence-corrected chi connectivity index (χ4v) is 3.61. The summed E-state index contributed by atoms with van der Waals surface area (Å²) >= 11 is 0. The number of carbonyl (C=O) groups is 2. The van der Waals surface area contributed by atoms with E-state index in [9.17, 15) is 14.7 Å². The molecular formula is C18H24N2O3. The molecule has 2 heterocycles. The van der Waals surface area contributed by atoms with E-state index in [1.54, 1.807) is 4.90 Å². The Balaban J connectivity index is 1.52.